The Labute approximate surface area is 415 Å². The van der Waals surface area contributed by atoms with Gasteiger partial charge in [-0.15, -0.1) is 9.79 Å². The lowest BCUT2D eigenvalue weighted by molar-refractivity contribution is -0.167. The molecule has 0 radical (unpaired) electrons. The van der Waals surface area contributed by atoms with Gasteiger partial charge in [-0.05, 0) is 19.3 Å². The lowest BCUT2D eigenvalue weighted by Gasteiger charge is -2.18. The third-order valence-electron chi connectivity index (χ3n) is 13.1. The van der Waals surface area contributed by atoms with Gasteiger partial charge in [-0.1, -0.05) is 290 Å². The van der Waals surface area contributed by atoms with Crippen LogP contribution in [0, 0.1) is 0 Å². The molecule has 0 fully saturated rings. The largest absolute Gasteiger partial charge is 0.692 e. The molecular formula is C57H112O9P+. The van der Waals surface area contributed by atoms with Gasteiger partial charge < -0.3 is 14.2 Å². The predicted molar refractivity (Wildman–Crippen MR) is 282 cm³/mol. The molecule has 0 amide bonds. The third-order valence-corrected chi connectivity index (χ3v) is 13.1. The smallest absolute Gasteiger partial charge is 0.462 e. The molecule has 0 atom stereocenters. The van der Waals surface area contributed by atoms with E-state index < -0.39 is 14.4 Å². The van der Waals surface area contributed by atoms with Crippen molar-refractivity contribution in [2.75, 3.05) is 13.2 Å². The predicted octanol–water partition coefficient (Wildman–Crippen LogP) is 18.4. The molecule has 0 aromatic heterocycles. The van der Waals surface area contributed by atoms with Gasteiger partial charge in [-0.2, -0.15) is 0 Å². The number of carbonyl (C=O) groups is 3. The molecule has 0 aliphatic heterocycles. The van der Waals surface area contributed by atoms with Gasteiger partial charge in [0.25, 0.3) is 0 Å². The van der Waals surface area contributed by atoms with Crippen LogP contribution in [0.2, 0.25) is 0 Å². The molecule has 0 unspecified atom stereocenters. The molecule has 0 aromatic rings. The maximum atomic E-state index is 12.8. The van der Waals surface area contributed by atoms with E-state index in [1.165, 1.54) is 231 Å². The Morgan fingerprint density at radius 3 is 0.672 bits per heavy atom. The number of carbonyl (C=O) groups excluding carboxylic acids is 3. The van der Waals surface area contributed by atoms with Crippen LogP contribution < -0.4 is 0 Å². The van der Waals surface area contributed by atoms with E-state index in [1.807, 2.05) is 0 Å². The normalized spacial score (nSPS) is 11.1. The minimum atomic E-state index is -2.87. The van der Waals surface area contributed by atoms with Crippen molar-refractivity contribution in [1.29, 1.82) is 0 Å². The molecular weight excluding hydrogens is 860 g/mol. The number of unbranched alkanes of at least 4 members (excludes halogenated alkanes) is 42. The Kier molecular flexibility index (Phi) is 59.2. The fourth-order valence-corrected chi connectivity index (χ4v) is 8.80. The quantitative estimate of drug-likeness (QED) is 0.0264. The Hall–Kier alpha value is -1.57. The van der Waals surface area contributed by atoms with Crippen LogP contribution in [0.3, 0.4) is 0 Å². The van der Waals surface area contributed by atoms with Crippen LogP contribution in [-0.4, -0.2) is 47.0 Å². The summed E-state index contributed by atoms with van der Waals surface area (Å²) in [6.07, 6.45) is 58.0. The monoisotopic (exact) mass is 972 g/mol. The molecule has 0 aromatic carbocycles. The second-order valence-corrected chi connectivity index (χ2v) is 20.3. The summed E-state index contributed by atoms with van der Waals surface area (Å²) in [7, 11) is -2.87. The zero-order valence-corrected chi connectivity index (χ0v) is 45.5. The second-order valence-electron chi connectivity index (χ2n) is 19.8. The van der Waals surface area contributed by atoms with E-state index in [-0.39, 0.29) is 31.1 Å². The van der Waals surface area contributed by atoms with Gasteiger partial charge in [0, 0.05) is 23.8 Å². The number of rotatable bonds is 53. The lowest BCUT2D eigenvalue weighted by atomic mass is 10.0. The average Bonchev–Trinajstić information content (AvgIpc) is 3.30. The molecule has 0 aliphatic carbocycles. The first kappa shape index (κ1) is 67.5. The van der Waals surface area contributed by atoms with Crippen molar-refractivity contribution in [3.05, 3.63) is 0 Å². The first-order valence-corrected chi connectivity index (χ1v) is 30.3. The van der Waals surface area contributed by atoms with Crippen molar-refractivity contribution < 1.29 is 42.9 Å². The van der Waals surface area contributed by atoms with E-state index >= 15 is 0 Å². The number of ether oxygens (including phenoxy) is 3. The first-order valence-electron chi connectivity index (χ1n) is 29.1. The Bertz CT molecular complexity index is 987. The lowest BCUT2D eigenvalue weighted by Crippen LogP contribution is -2.30. The van der Waals surface area contributed by atoms with E-state index in [0.29, 0.717) is 19.3 Å². The molecule has 0 saturated heterocycles. The summed E-state index contributed by atoms with van der Waals surface area (Å²) in [5.41, 5.74) is 0. The summed E-state index contributed by atoms with van der Waals surface area (Å²) in [4.78, 5) is 52.3. The van der Waals surface area contributed by atoms with E-state index in [2.05, 4.69) is 20.8 Å². The standard InChI is InChI=1S/C57H110O6.HO3P/c1-4-7-10-13-16-19-22-25-28-31-34-37-40-43-46-49-55(58)61-52-54(63-57(60)51-48-45-42-39-36-33-30-27-24-21-18-15-12-9-6-3)53-62-56(59)50-47-44-41-38-35-32-29-26-23-20-17-14-11-8-5-2;1-4(2)3/h54H,4-53H2,1-3H3;(H-,1,2,3)/p+1. The molecule has 10 heteroatoms. The maximum Gasteiger partial charge on any atom is 0.692 e. The Morgan fingerprint density at radius 1 is 0.313 bits per heavy atom. The SMILES string of the molecule is CCCCCCCCCCCCCCCCCC(=O)OCC(COC(=O)CCCCCCCCCCCCCCCCC)OC(=O)CCCCCCCCCCCCCCCCC.O=[P+](O)O. The van der Waals surface area contributed by atoms with E-state index in [4.69, 9.17) is 28.6 Å². The fraction of sp³-hybridized carbons (Fsp3) is 0.947. The molecule has 0 bridgehead atoms. The van der Waals surface area contributed by atoms with Crippen LogP contribution in [0.4, 0.5) is 0 Å². The number of esters is 3. The number of hydrogen-bond acceptors (Lipinski definition) is 7. The van der Waals surface area contributed by atoms with Crippen molar-refractivity contribution in [1.82, 2.24) is 0 Å². The molecule has 0 spiro atoms. The van der Waals surface area contributed by atoms with Crippen LogP contribution in [-0.2, 0) is 33.2 Å². The molecule has 0 aliphatic rings. The van der Waals surface area contributed by atoms with Gasteiger partial charge in [0.05, 0.1) is 0 Å². The van der Waals surface area contributed by atoms with Gasteiger partial charge >= 0.3 is 26.2 Å². The average molecular weight is 972 g/mol. The Balaban J connectivity index is 0. The van der Waals surface area contributed by atoms with Gasteiger partial charge in [0.15, 0.2) is 6.10 Å². The van der Waals surface area contributed by atoms with Crippen molar-refractivity contribution in [2.45, 2.75) is 335 Å². The van der Waals surface area contributed by atoms with Crippen LogP contribution >= 0.6 is 8.25 Å². The van der Waals surface area contributed by atoms with Crippen molar-refractivity contribution >= 4 is 26.2 Å². The topological polar surface area (TPSA) is 136 Å². The van der Waals surface area contributed by atoms with Crippen LogP contribution in [0.5, 0.6) is 0 Å². The minimum absolute atomic E-state index is 0.0611. The molecule has 67 heavy (non-hydrogen) atoms. The highest BCUT2D eigenvalue weighted by molar-refractivity contribution is 7.30. The van der Waals surface area contributed by atoms with Crippen molar-refractivity contribution in [3.63, 3.8) is 0 Å². The first-order chi connectivity index (χ1) is 32.8. The molecule has 9 nitrogen and oxygen atoms in total. The summed E-state index contributed by atoms with van der Waals surface area (Å²) in [6.45, 7) is 6.71. The van der Waals surface area contributed by atoms with Crippen molar-refractivity contribution in [3.8, 4) is 0 Å². The Morgan fingerprint density at radius 2 is 0.478 bits per heavy atom. The molecule has 2 N–H and O–H groups in total. The molecule has 0 rings (SSSR count). The highest BCUT2D eigenvalue weighted by atomic mass is 31.1. The maximum absolute atomic E-state index is 12.8. The summed E-state index contributed by atoms with van der Waals surface area (Å²) in [5.74, 6) is -0.832. The van der Waals surface area contributed by atoms with Crippen LogP contribution in [0.15, 0.2) is 0 Å². The zero-order valence-electron chi connectivity index (χ0n) is 44.6. The minimum Gasteiger partial charge on any atom is -0.462 e. The molecule has 0 heterocycles. The van der Waals surface area contributed by atoms with Crippen LogP contribution in [0.1, 0.15) is 329 Å². The summed E-state index contributed by atoms with van der Waals surface area (Å²) in [6, 6.07) is 0. The molecule has 0 saturated carbocycles. The van der Waals surface area contributed by atoms with E-state index in [9.17, 15) is 14.4 Å². The van der Waals surface area contributed by atoms with Gasteiger partial charge in [-0.25, -0.2) is 0 Å². The highest BCUT2D eigenvalue weighted by Gasteiger charge is 2.19. The van der Waals surface area contributed by atoms with Crippen molar-refractivity contribution in [2.24, 2.45) is 0 Å². The molecule has 398 valence electrons. The summed E-state index contributed by atoms with van der Waals surface area (Å²) in [5, 5.41) is 0. The van der Waals surface area contributed by atoms with Gasteiger partial charge in [0.2, 0.25) is 0 Å². The number of hydrogen-bond donors (Lipinski definition) is 2. The summed E-state index contributed by atoms with van der Waals surface area (Å²) < 4.78 is 25.6. The highest BCUT2D eigenvalue weighted by Crippen LogP contribution is 2.18. The fourth-order valence-electron chi connectivity index (χ4n) is 8.80. The van der Waals surface area contributed by atoms with E-state index in [0.717, 1.165) is 57.8 Å². The van der Waals surface area contributed by atoms with E-state index in [1.54, 1.807) is 0 Å². The zero-order chi connectivity index (χ0) is 49.4. The van der Waals surface area contributed by atoms with Crippen LogP contribution in [0.25, 0.3) is 0 Å². The van der Waals surface area contributed by atoms with Gasteiger partial charge in [-0.3, -0.25) is 14.4 Å². The van der Waals surface area contributed by atoms with Gasteiger partial charge in [0.1, 0.15) is 13.2 Å². The summed E-state index contributed by atoms with van der Waals surface area (Å²) >= 11 is 0. The second kappa shape index (κ2) is 58.7. The third kappa shape index (κ3) is 62.4.